The maximum absolute atomic E-state index is 11.9. The van der Waals surface area contributed by atoms with Gasteiger partial charge in [0.25, 0.3) is 0 Å². The molecule has 18 heavy (non-hydrogen) atoms. The number of rotatable bonds is 4. The summed E-state index contributed by atoms with van der Waals surface area (Å²) in [4.78, 5) is 26.4. The van der Waals surface area contributed by atoms with Gasteiger partial charge in [0.05, 0.1) is 12.5 Å². The van der Waals surface area contributed by atoms with Crippen molar-refractivity contribution >= 4 is 23.2 Å². The lowest BCUT2D eigenvalue weighted by atomic mass is 9.97. The Morgan fingerprint density at radius 3 is 2.94 bits per heavy atom. The third-order valence-electron chi connectivity index (χ3n) is 3.04. The van der Waals surface area contributed by atoms with Gasteiger partial charge in [-0.05, 0) is 12.5 Å². The first-order valence-electron chi connectivity index (χ1n) is 5.74. The molecule has 0 aliphatic carbocycles. The van der Waals surface area contributed by atoms with Gasteiger partial charge in [-0.1, -0.05) is 6.92 Å². The van der Waals surface area contributed by atoms with Gasteiger partial charge in [-0.2, -0.15) is 0 Å². The van der Waals surface area contributed by atoms with Crippen molar-refractivity contribution in [3.05, 3.63) is 16.1 Å². The third-order valence-corrected chi connectivity index (χ3v) is 3.89. The SMILES string of the molecule is C[C@@H]1CNC[C@H]1C(=O)NCc1nc(C(=O)O)cs1. The fourth-order valence-corrected chi connectivity index (χ4v) is 2.65. The van der Waals surface area contributed by atoms with Gasteiger partial charge in [-0.25, -0.2) is 9.78 Å². The molecule has 0 saturated carbocycles. The molecule has 2 rings (SSSR count). The van der Waals surface area contributed by atoms with Crippen LogP contribution < -0.4 is 10.6 Å². The van der Waals surface area contributed by atoms with E-state index >= 15 is 0 Å². The second kappa shape index (κ2) is 5.45. The molecule has 1 aromatic heterocycles. The van der Waals surface area contributed by atoms with Crippen LogP contribution in [-0.4, -0.2) is 35.1 Å². The minimum atomic E-state index is -1.04. The van der Waals surface area contributed by atoms with Crippen molar-refractivity contribution in [2.45, 2.75) is 13.5 Å². The van der Waals surface area contributed by atoms with E-state index in [0.29, 0.717) is 24.0 Å². The molecule has 1 aliphatic rings. The lowest BCUT2D eigenvalue weighted by Gasteiger charge is -2.13. The van der Waals surface area contributed by atoms with Crippen LogP contribution in [0.2, 0.25) is 0 Å². The molecule has 98 valence electrons. The van der Waals surface area contributed by atoms with Crippen molar-refractivity contribution in [3.8, 4) is 0 Å². The first kappa shape index (κ1) is 13.0. The van der Waals surface area contributed by atoms with Gasteiger partial charge >= 0.3 is 5.97 Å². The highest BCUT2D eigenvalue weighted by Crippen LogP contribution is 2.16. The molecule has 1 aliphatic heterocycles. The summed E-state index contributed by atoms with van der Waals surface area (Å²) in [5.74, 6) is -0.725. The van der Waals surface area contributed by atoms with Crippen LogP contribution in [0.3, 0.4) is 0 Å². The lowest BCUT2D eigenvalue weighted by Crippen LogP contribution is -2.33. The molecule has 0 bridgehead atoms. The quantitative estimate of drug-likeness (QED) is 0.732. The lowest BCUT2D eigenvalue weighted by molar-refractivity contribution is -0.125. The van der Waals surface area contributed by atoms with Crippen LogP contribution in [0.15, 0.2) is 5.38 Å². The van der Waals surface area contributed by atoms with Gasteiger partial charge in [0.1, 0.15) is 5.01 Å². The molecule has 1 fully saturated rings. The van der Waals surface area contributed by atoms with E-state index in [1.54, 1.807) is 0 Å². The van der Waals surface area contributed by atoms with Gasteiger partial charge in [0.2, 0.25) is 5.91 Å². The van der Waals surface area contributed by atoms with Gasteiger partial charge < -0.3 is 15.7 Å². The Hall–Kier alpha value is -1.47. The number of aromatic carboxylic acids is 1. The molecule has 6 nitrogen and oxygen atoms in total. The largest absolute Gasteiger partial charge is 0.476 e. The molecule has 3 N–H and O–H groups in total. The summed E-state index contributed by atoms with van der Waals surface area (Å²) < 4.78 is 0. The van der Waals surface area contributed by atoms with Crippen molar-refractivity contribution < 1.29 is 14.7 Å². The molecular formula is C11H15N3O3S. The zero-order valence-electron chi connectivity index (χ0n) is 9.97. The summed E-state index contributed by atoms with van der Waals surface area (Å²) in [5.41, 5.74) is 0.0279. The van der Waals surface area contributed by atoms with E-state index in [-0.39, 0.29) is 17.5 Å². The topological polar surface area (TPSA) is 91.3 Å². The molecule has 0 spiro atoms. The third kappa shape index (κ3) is 2.85. The highest BCUT2D eigenvalue weighted by molar-refractivity contribution is 7.09. The highest BCUT2D eigenvalue weighted by Gasteiger charge is 2.29. The van der Waals surface area contributed by atoms with Crippen molar-refractivity contribution in [2.24, 2.45) is 11.8 Å². The number of thiazole rings is 1. The zero-order chi connectivity index (χ0) is 13.1. The number of aromatic nitrogens is 1. The summed E-state index contributed by atoms with van der Waals surface area (Å²) >= 11 is 1.24. The Kier molecular flexibility index (Phi) is 3.93. The summed E-state index contributed by atoms with van der Waals surface area (Å²) in [6.45, 7) is 3.89. The number of carboxylic acids is 1. The van der Waals surface area contributed by atoms with E-state index in [1.165, 1.54) is 16.7 Å². The highest BCUT2D eigenvalue weighted by atomic mass is 32.1. The number of carboxylic acid groups (broad SMARTS) is 1. The van der Waals surface area contributed by atoms with E-state index in [4.69, 9.17) is 5.11 Å². The summed E-state index contributed by atoms with van der Waals surface area (Å²) in [6.07, 6.45) is 0. The van der Waals surface area contributed by atoms with Crippen molar-refractivity contribution in [3.63, 3.8) is 0 Å². The number of amides is 1. The summed E-state index contributed by atoms with van der Waals surface area (Å²) in [7, 11) is 0. The smallest absolute Gasteiger partial charge is 0.355 e. The standard InChI is InChI=1S/C11H15N3O3S/c1-6-2-12-3-7(6)10(15)13-4-9-14-8(5-18-9)11(16)17/h5-7,12H,2-4H2,1H3,(H,13,15)(H,16,17)/t6-,7-/m1/s1. The van der Waals surface area contributed by atoms with E-state index < -0.39 is 5.97 Å². The van der Waals surface area contributed by atoms with Crippen molar-refractivity contribution in [1.82, 2.24) is 15.6 Å². The summed E-state index contributed by atoms with van der Waals surface area (Å²) in [6, 6.07) is 0. The van der Waals surface area contributed by atoms with Gasteiger partial charge in [0, 0.05) is 11.9 Å². The Bertz CT molecular complexity index is 460. The van der Waals surface area contributed by atoms with Gasteiger partial charge in [-0.15, -0.1) is 11.3 Å². The number of carbonyl (C=O) groups excluding carboxylic acids is 1. The van der Waals surface area contributed by atoms with Crippen LogP contribution in [-0.2, 0) is 11.3 Å². The van der Waals surface area contributed by atoms with Crippen LogP contribution >= 0.6 is 11.3 Å². The normalized spacial score (nSPS) is 22.9. The van der Waals surface area contributed by atoms with Crippen LogP contribution in [0.1, 0.15) is 22.4 Å². The average molecular weight is 269 g/mol. The first-order valence-corrected chi connectivity index (χ1v) is 6.62. The monoisotopic (exact) mass is 269 g/mol. The molecule has 1 amide bonds. The molecule has 7 heteroatoms. The average Bonchev–Trinajstić information content (AvgIpc) is 2.94. The van der Waals surface area contributed by atoms with Gasteiger partial charge in [-0.3, -0.25) is 4.79 Å². The first-order chi connectivity index (χ1) is 8.58. The minimum Gasteiger partial charge on any atom is -0.476 e. The number of nitrogens with one attached hydrogen (secondary N) is 2. The number of hydrogen-bond donors (Lipinski definition) is 3. The molecule has 1 saturated heterocycles. The van der Waals surface area contributed by atoms with E-state index in [9.17, 15) is 9.59 Å². The number of nitrogens with zero attached hydrogens (tertiary/aromatic N) is 1. The maximum Gasteiger partial charge on any atom is 0.355 e. The second-order valence-corrected chi connectivity index (χ2v) is 5.33. The Morgan fingerprint density at radius 1 is 1.61 bits per heavy atom. The fourth-order valence-electron chi connectivity index (χ4n) is 1.95. The van der Waals surface area contributed by atoms with Crippen molar-refractivity contribution in [2.75, 3.05) is 13.1 Å². The number of hydrogen-bond acceptors (Lipinski definition) is 5. The Balaban J connectivity index is 1.87. The van der Waals surface area contributed by atoms with Crippen molar-refractivity contribution in [1.29, 1.82) is 0 Å². The molecule has 0 aromatic carbocycles. The van der Waals surface area contributed by atoms with Crippen LogP contribution in [0.25, 0.3) is 0 Å². The van der Waals surface area contributed by atoms with Crippen LogP contribution in [0.4, 0.5) is 0 Å². The minimum absolute atomic E-state index is 0.000394. The Morgan fingerprint density at radius 2 is 2.39 bits per heavy atom. The predicted molar refractivity (Wildman–Crippen MR) is 66.4 cm³/mol. The second-order valence-electron chi connectivity index (χ2n) is 4.39. The predicted octanol–water partition coefficient (Wildman–Crippen LogP) is 0.313. The molecule has 0 radical (unpaired) electrons. The van der Waals surface area contributed by atoms with E-state index in [0.717, 1.165) is 6.54 Å². The molecule has 2 atom stereocenters. The maximum atomic E-state index is 11.9. The zero-order valence-corrected chi connectivity index (χ0v) is 10.8. The molecular weight excluding hydrogens is 254 g/mol. The molecule has 0 unspecified atom stereocenters. The molecule has 2 heterocycles. The molecule has 1 aromatic rings. The Labute approximate surface area is 108 Å². The van der Waals surface area contributed by atoms with Crippen LogP contribution in [0.5, 0.6) is 0 Å². The number of carbonyl (C=O) groups is 2. The van der Waals surface area contributed by atoms with Crippen LogP contribution in [0, 0.1) is 11.8 Å². The van der Waals surface area contributed by atoms with E-state index in [1.807, 2.05) is 6.92 Å². The van der Waals surface area contributed by atoms with E-state index in [2.05, 4.69) is 15.6 Å². The summed E-state index contributed by atoms with van der Waals surface area (Å²) in [5, 5.41) is 16.8. The fraction of sp³-hybridized carbons (Fsp3) is 0.545. The van der Waals surface area contributed by atoms with Gasteiger partial charge in [0.15, 0.2) is 5.69 Å².